The molecule has 0 aliphatic carbocycles. The second kappa shape index (κ2) is 8.94. The average Bonchev–Trinajstić information content (AvgIpc) is 2.98. The van der Waals surface area contributed by atoms with E-state index in [0.717, 1.165) is 0 Å². The number of benzene rings is 1. The monoisotopic (exact) mass is 387 g/mol. The zero-order valence-electron chi connectivity index (χ0n) is 16.3. The van der Waals surface area contributed by atoms with Gasteiger partial charge in [-0.1, -0.05) is 0 Å². The number of hydrogen-bond acceptors (Lipinski definition) is 8. The van der Waals surface area contributed by atoms with Gasteiger partial charge >= 0.3 is 17.9 Å². The molecule has 9 heteroatoms. The molecule has 0 aliphatic rings. The van der Waals surface area contributed by atoms with E-state index in [-0.39, 0.29) is 23.4 Å². The molecule has 1 N–H and O–H groups in total. The van der Waals surface area contributed by atoms with E-state index >= 15 is 0 Å². The summed E-state index contributed by atoms with van der Waals surface area (Å²) in [6.07, 6.45) is 0. The fourth-order valence-corrected chi connectivity index (χ4v) is 2.59. The van der Waals surface area contributed by atoms with Crippen LogP contribution in [0.2, 0.25) is 0 Å². The van der Waals surface area contributed by atoms with Gasteiger partial charge in [0.2, 0.25) is 0 Å². The van der Waals surface area contributed by atoms with Crippen molar-refractivity contribution < 1.29 is 28.6 Å². The molecule has 0 aliphatic heterocycles. The van der Waals surface area contributed by atoms with Crippen molar-refractivity contribution in [3.63, 3.8) is 0 Å². The SMILES string of the molecule is CCOC(=O)c1c(C)[nH]c(N=Nc2cc(C(=O)OC)cc(C(=O)OC)c2)c1C. The number of aromatic nitrogens is 1. The molecule has 1 heterocycles. The van der Waals surface area contributed by atoms with Crippen molar-refractivity contribution in [2.24, 2.45) is 10.2 Å². The van der Waals surface area contributed by atoms with Gasteiger partial charge in [0.25, 0.3) is 0 Å². The molecule has 2 aromatic rings. The summed E-state index contributed by atoms with van der Waals surface area (Å²) in [5, 5.41) is 8.19. The highest BCUT2D eigenvalue weighted by Gasteiger charge is 2.19. The molecule has 28 heavy (non-hydrogen) atoms. The summed E-state index contributed by atoms with van der Waals surface area (Å²) < 4.78 is 14.4. The van der Waals surface area contributed by atoms with Gasteiger partial charge < -0.3 is 19.2 Å². The number of nitrogens with one attached hydrogen (secondary N) is 1. The zero-order chi connectivity index (χ0) is 20.8. The summed E-state index contributed by atoms with van der Waals surface area (Å²) in [6, 6.07) is 4.21. The van der Waals surface area contributed by atoms with Gasteiger partial charge in [-0.15, -0.1) is 10.2 Å². The normalized spacial score (nSPS) is 10.8. The van der Waals surface area contributed by atoms with Crippen LogP contribution in [-0.2, 0) is 14.2 Å². The fourth-order valence-electron chi connectivity index (χ4n) is 2.59. The zero-order valence-corrected chi connectivity index (χ0v) is 16.3. The highest BCUT2D eigenvalue weighted by Crippen LogP contribution is 2.28. The highest BCUT2D eigenvalue weighted by molar-refractivity contribution is 5.96. The first kappa shape index (κ1) is 20.8. The molecule has 0 unspecified atom stereocenters. The Morgan fingerprint density at radius 2 is 1.50 bits per heavy atom. The number of carbonyl (C=O) groups is 3. The fraction of sp³-hybridized carbons (Fsp3) is 0.316. The Morgan fingerprint density at radius 3 is 2.00 bits per heavy atom. The number of rotatable bonds is 6. The Bertz CT molecular complexity index is 911. The second-order valence-corrected chi connectivity index (χ2v) is 5.77. The van der Waals surface area contributed by atoms with Crippen molar-refractivity contribution in [3.8, 4) is 0 Å². The van der Waals surface area contributed by atoms with E-state index in [1.165, 1.54) is 32.4 Å². The molecule has 0 saturated carbocycles. The average molecular weight is 387 g/mol. The Balaban J connectivity index is 2.43. The first-order chi connectivity index (χ1) is 13.3. The van der Waals surface area contributed by atoms with Gasteiger partial charge in [-0.05, 0) is 39.0 Å². The maximum absolute atomic E-state index is 12.1. The van der Waals surface area contributed by atoms with Gasteiger partial charge in [0, 0.05) is 11.3 Å². The third-order valence-electron chi connectivity index (χ3n) is 3.92. The number of ether oxygens (including phenoxy) is 3. The molecule has 0 spiro atoms. The number of carbonyl (C=O) groups excluding carboxylic acids is 3. The topological polar surface area (TPSA) is 119 Å². The predicted molar refractivity (Wildman–Crippen MR) is 99.5 cm³/mol. The van der Waals surface area contributed by atoms with Crippen LogP contribution in [0.5, 0.6) is 0 Å². The third kappa shape index (κ3) is 4.43. The number of azo groups is 1. The summed E-state index contributed by atoms with van der Waals surface area (Å²) in [6.45, 7) is 5.43. The highest BCUT2D eigenvalue weighted by atomic mass is 16.5. The minimum absolute atomic E-state index is 0.131. The largest absolute Gasteiger partial charge is 0.465 e. The first-order valence-electron chi connectivity index (χ1n) is 8.42. The van der Waals surface area contributed by atoms with Crippen molar-refractivity contribution in [2.45, 2.75) is 20.8 Å². The van der Waals surface area contributed by atoms with E-state index in [1.54, 1.807) is 20.8 Å². The van der Waals surface area contributed by atoms with Gasteiger partial charge in [-0.3, -0.25) is 0 Å². The van der Waals surface area contributed by atoms with Gasteiger partial charge in [0.1, 0.15) is 0 Å². The number of aryl methyl sites for hydroxylation is 1. The minimum atomic E-state index is -0.626. The standard InChI is InChI=1S/C19H21N3O6/c1-6-28-19(25)15-10(2)16(20-11(15)3)22-21-14-8-12(17(23)26-4)7-13(9-14)18(24)27-5/h7-9,20H,6H2,1-5H3. The Morgan fingerprint density at radius 1 is 0.929 bits per heavy atom. The van der Waals surface area contributed by atoms with Crippen molar-refractivity contribution in [2.75, 3.05) is 20.8 Å². The molecule has 0 fully saturated rings. The third-order valence-corrected chi connectivity index (χ3v) is 3.92. The second-order valence-electron chi connectivity index (χ2n) is 5.77. The molecule has 1 aromatic carbocycles. The molecule has 1 aromatic heterocycles. The smallest absolute Gasteiger partial charge is 0.340 e. The number of esters is 3. The number of hydrogen-bond donors (Lipinski definition) is 1. The summed E-state index contributed by atoms with van der Waals surface area (Å²) in [7, 11) is 2.46. The summed E-state index contributed by atoms with van der Waals surface area (Å²) in [4.78, 5) is 38.7. The van der Waals surface area contributed by atoms with Crippen LogP contribution < -0.4 is 0 Å². The molecular formula is C19H21N3O6. The summed E-state index contributed by atoms with van der Waals surface area (Å²) in [5.74, 6) is -1.34. The summed E-state index contributed by atoms with van der Waals surface area (Å²) in [5.41, 5.74) is 2.08. The maximum Gasteiger partial charge on any atom is 0.340 e. The molecule has 0 radical (unpaired) electrons. The number of methoxy groups -OCH3 is 2. The predicted octanol–water partition coefficient (Wildman–Crippen LogP) is 3.80. The van der Waals surface area contributed by atoms with E-state index in [2.05, 4.69) is 24.7 Å². The molecule has 148 valence electrons. The van der Waals surface area contributed by atoms with Crippen LogP contribution in [0.25, 0.3) is 0 Å². The Labute approximate surface area is 161 Å². The van der Waals surface area contributed by atoms with Crippen LogP contribution in [0.4, 0.5) is 11.5 Å². The number of H-pyrrole nitrogens is 1. The van der Waals surface area contributed by atoms with Crippen molar-refractivity contribution in [1.82, 2.24) is 4.98 Å². The lowest BCUT2D eigenvalue weighted by Gasteiger charge is -2.04. The van der Waals surface area contributed by atoms with Gasteiger partial charge in [0.15, 0.2) is 5.82 Å². The van der Waals surface area contributed by atoms with Gasteiger partial charge in [-0.2, -0.15) is 0 Å². The first-order valence-corrected chi connectivity index (χ1v) is 8.42. The van der Waals surface area contributed by atoms with Crippen LogP contribution in [-0.4, -0.2) is 43.7 Å². The van der Waals surface area contributed by atoms with Crippen LogP contribution in [0.1, 0.15) is 49.3 Å². The van der Waals surface area contributed by atoms with Crippen molar-refractivity contribution in [1.29, 1.82) is 0 Å². The van der Waals surface area contributed by atoms with Crippen LogP contribution in [0, 0.1) is 13.8 Å². The quantitative estimate of drug-likeness (QED) is 0.457. The van der Waals surface area contributed by atoms with E-state index in [4.69, 9.17) is 4.74 Å². The van der Waals surface area contributed by atoms with Crippen LogP contribution in [0.3, 0.4) is 0 Å². The lowest BCUT2D eigenvalue weighted by molar-refractivity contribution is 0.0522. The van der Waals surface area contributed by atoms with Crippen LogP contribution >= 0.6 is 0 Å². The van der Waals surface area contributed by atoms with E-state index in [1.807, 2.05) is 0 Å². The molecular weight excluding hydrogens is 366 g/mol. The number of aromatic amines is 1. The van der Waals surface area contributed by atoms with E-state index in [0.29, 0.717) is 22.6 Å². The molecule has 9 nitrogen and oxygen atoms in total. The lowest BCUT2D eigenvalue weighted by atomic mass is 10.1. The van der Waals surface area contributed by atoms with Crippen molar-refractivity contribution >= 4 is 29.4 Å². The molecule has 0 bridgehead atoms. The molecule has 0 atom stereocenters. The van der Waals surface area contributed by atoms with Gasteiger partial charge in [0.05, 0.1) is 43.2 Å². The minimum Gasteiger partial charge on any atom is -0.465 e. The molecule has 0 saturated heterocycles. The van der Waals surface area contributed by atoms with E-state index < -0.39 is 17.9 Å². The van der Waals surface area contributed by atoms with Gasteiger partial charge in [-0.25, -0.2) is 14.4 Å². The molecule has 0 amide bonds. The number of nitrogens with zero attached hydrogens (tertiary/aromatic N) is 2. The Kier molecular flexibility index (Phi) is 6.64. The Hall–Kier alpha value is -3.49. The van der Waals surface area contributed by atoms with E-state index in [9.17, 15) is 14.4 Å². The lowest BCUT2D eigenvalue weighted by Crippen LogP contribution is -2.06. The van der Waals surface area contributed by atoms with Crippen LogP contribution in [0.15, 0.2) is 28.4 Å². The summed E-state index contributed by atoms with van der Waals surface area (Å²) >= 11 is 0. The van der Waals surface area contributed by atoms with Crippen molar-refractivity contribution in [3.05, 3.63) is 46.1 Å². The molecule has 2 rings (SSSR count). The maximum atomic E-state index is 12.1.